The number of hydrogen-bond acceptors (Lipinski definition) is 5. The average molecular weight is 457 g/mol. The first-order valence-electron chi connectivity index (χ1n) is 11.3. The van der Waals surface area contributed by atoms with Crippen LogP contribution in [-0.2, 0) is 4.79 Å². The third kappa shape index (κ3) is 4.28. The number of pyridine rings is 1. The van der Waals surface area contributed by atoms with Gasteiger partial charge in [-0.25, -0.2) is 19.3 Å². The largest absolute Gasteiger partial charge is 0.367 e. The first-order chi connectivity index (χ1) is 15.6. The Kier molecular flexibility index (Phi) is 5.95. The fourth-order valence-electron chi connectivity index (χ4n) is 4.89. The predicted molar refractivity (Wildman–Crippen MR) is 122 cm³/mol. The van der Waals surface area contributed by atoms with Crippen molar-refractivity contribution in [2.75, 3.05) is 25.0 Å². The van der Waals surface area contributed by atoms with Gasteiger partial charge < -0.3 is 15.2 Å². The van der Waals surface area contributed by atoms with Gasteiger partial charge in [0.25, 0.3) is 0 Å². The van der Waals surface area contributed by atoms with E-state index in [4.69, 9.17) is 11.6 Å². The summed E-state index contributed by atoms with van der Waals surface area (Å²) in [4.78, 5) is 30.7. The van der Waals surface area contributed by atoms with Gasteiger partial charge in [-0.15, -0.1) is 0 Å². The van der Waals surface area contributed by atoms with Gasteiger partial charge in [0.2, 0.25) is 5.91 Å². The molecule has 5 rings (SSSR count). The minimum Gasteiger partial charge on any atom is -0.367 e. The lowest BCUT2D eigenvalue weighted by Crippen LogP contribution is -2.44. The van der Waals surface area contributed by atoms with E-state index in [-0.39, 0.29) is 17.7 Å². The topological polar surface area (TPSA) is 86.8 Å². The van der Waals surface area contributed by atoms with Crippen LogP contribution in [-0.4, -0.2) is 50.4 Å². The van der Waals surface area contributed by atoms with E-state index >= 15 is 0 Å². The minimum atomic E-state index is -0.501. The molecule has 1 amide bonds. The van der Waals surface area contributed by atoms with Gasteiger partial charge in [0, 0.05) is 48.9 Å². The van der Waals surface area contributed by atoms with Crippen molar-refractivity contribution in [1.82, 2.24) is 24.8 Å². The Morgan fingerprint density at radius 3 is 2.91 bits per heavy atom. The number of amides is 1. The van der Waals surface area contributed by atoms with E-state index < -0.39 is 5.82 Å². The third-order valence-electron chi connectivity index (χ3n) is 6.58. The second-order valence-corrected chi connectivity index (χ2v) is 9.23. The van der Waals surface area contributed by atoms with E-state index in [1.807, 2.05) is 4.90 Å². The number of rotatable bonds is 5. The second kappa shape index (κ2) is 9.02. The molecule has 0 aromatic carbocycles. The van der Waals surface area contributed by atoms with Crippen molar-refractivity contribution in [2.24, 2.45) is 11.8 Å². The summed E-state index contributed by atoms with van der Waals surface area (Å²) in [5, 5.41) is 4.45. The predicted octanol–water partition coefficient (Wildman–Crippen LogP) is 4.65. The van der Waals surface area contributed by atoms with Crippen molar-refractivity contribution < 1.29 is 9.18 Å². The lowest BCUT2D eigenvalue weighted by Gasteiger charge is -2.34. The number of carbonyl (C=O) groups excluding carboxylic acids is 1. The highest BCUT2D eigenvalue weighted by molar-refractivity contribution is 6.31. The van der Waals surface area contributed by atoms with Crippen LogP contribution in [0.2, 0.25) is 5.02 Å². The monoisotopic (exact) mass is 456 g/mol. The van der Waals surface area contributed by atoms with Crippen LogP contribution in [0.3, 0.4) is 0 Å². The molecule has 7 nitrogen and oxygen atoms in total. The first kappa shape index (κ1) is 21.1. The van der Waals surface area contributed by atoms with Crippen molar-refractivity contribution in [2.45, 2.75) is 38.5 Å². The average Bonchev–Trinajstić information content (AvgIpc) is 3.48. The van der Waals surface area contributed by atoms with Crippen molar-refractivity contribution in [3.05, 3.63) is 35.5 Å². The summed E-state index contributed by atoms with van der Waals surface area (Å²) in [6.07, 6.45) is 10.8. The molecule has 32 heavy (non-hydrogen) atoms. The number of nitrogens with zero attached hydrogens (tertiary/aromatic N) is 4. The van der Waals surface area contributed by atoms with Crippen molar-refractivity contribution in [3.63, 3.8) is 0 Å². The van der Waals surface area contributed by atoms with Crippen LogP contribution in [0.1, 0.15) is 38.5 Å². The van der Waals surface area contributed by atoms with Gasteiger partial charge in [0.1, 0.15) is 5.65 Å². The molecule has 1 atom stereocenters. The molecule has 1 aliphatic carbocycles. The molecule has 3 aromatic heterocycles. The van der Waals surface area contributed by atoms with Crippen LogP contribution in [0.4, 0.5) is 10.2 Å². The zero-order valence-electron chi connectivity index (χ0n) is 17.8. The van der Waals surface area contributed by atoms with E-state index in [0.29, 0.717) is 41.1 Å². The van der Waals surface area contributed by atoms with E-state index in [1.165, 1.54) is 6.20 Å². The van der Waals surface area contributed by atoms with Gasteiger partial charge in [0.05, 0.1) is 11.2 Å². The molecule has 1 saturated carbocycles. The normalized spacial score (nSPS) is 19.6. The number of anilines is 1. The number of halogens is 2. The molecule has 9 heteroatoms. The summed E-state index contributed by atoms with van der Waals surface area (Å²) in [5.41, 5.74) is 1.38. The number of aromatic amines is 1. The van der Waals surface area contributed by atoms with Crippen LogP contribution in [0.25, 0.3) is 22.4 Å². The molecule has 0 bridgehead atoms. The molecule has 1 saturated heterocycles. The molecule has 1 aliphatic heterocycles. The first-order valence-corrected chi connectivity index (χ1v) is 11.6. The Morgan fingerprint density at radius 2 is 2.06 bits per heavy atom. The van der Waals surface area contributed by atoms with Gasteiger partial charge in [-0.05, 0) is 37.7 Å². The molecule has 0 spiro atoms. The number of aromatic nitrogens is 4. The molecule has 168 valence electrons. The number of fused-ring (bicyclic) bond motifs is 1. The standard InChI is InChI=1S/C23H26ClFN6O/c24-16-8-17-18(11-28-20(17)27-10-16)21-29-12-19(25)22(30-21)26-9-14-4-3-7-31(13-14)23(32)15-5-1-2-6-15/h8,10-12,14-15H,1-7,9,13H2,(H,27,28)(H,26,29,30)/t14-/m0/s1. The SMILES string of the molecule is O=C(C1CCCC1)N1CCC[C@@H](CNc2nc(-c3c[nH]c4ncc(Cl)cc34)ncc2F)C1. The highest BCUT2D eigenvalue weighted by Gasteiger charge is 2.30. The quantitative estimate of drug-likeness (QED) is 0.583. The van der Waals surface area contributed by atoms with Crippen LogP contribution in [0, 0.1) is 17.7 Å². The number of likely N-dealkylation sites (tertiary alicyclic amines) is 1. The summed E-state index contributed by atoms with van der Waals surface area (Å²) in [5.74, 6) is 0.823. The number of piperidine rings is 1. The van der Waals surface area contributed by atoms with Crippen LogP contribution in [0.15, 0.2) is 24.7 Å². The highest BCUT2D eigenvalue weighted by Crippen LogP contribution is 2.30. The number of hydrogen-bond donors (Lipinski definition) is 2. The van der Waals surface area contributed by atoms with Gasteiger partial charge in [-0.3, -0.25) is 4.79 Å². The maximum atomic E-state index is 14.5. The van der Waals surface area contributed by atoms with Gasteiger partial charge in [-0.1, -0.05) is 24.4 Å². The Hall–Kier alpha value is -2.74. The lowest BCUT2D eigenvalue weighted by molar-refractivity contribution is -0.137. The molecule has 3 aromatic rings. The fraction of sp³-hybridized carbons (Fsp3) is 0.478. The highest BCUT2D eigenvalue weighted by atomic mass is 35.5. The molecule has 2 fully saturated rings. The molecular formula is C23H26ClFN6O. The molecule has 0 unspecified atom stereocenters. The number of H-pyrrole nitrogens is 1. The van der Waals surface area contributed by atoms with E-state index in [2.05, 4.69) is 25.3 Å². The van der Waals surface area contributed by atoms with Crippen LogP contribution >= 0.6 is 11.6 Å². The van der Waals surface area contributed by atoms with Crippen molar-refractivity contribution in [3.8, 4) is 11.4 Å². The van der Waals surface area contributed by atoms with Gasteiger partial charge in [-0.2, -0.15) is 0 Å². The molecule has 2 aliphatic rings. The van der Waals surface area contributed by atoms with Crippen LogP contribution in [0.5, 0.6) is 0 Å². The molecule has 2 N–H and O–H groups in total. The maximum Gasteiger partial charge on any atom is 0.225 e. The summed E-state index contributed by atoms with van der Waals surface area (Å²) in [6.45, 7) is 2.10. The molecule has 0 radical (unpaired) electrons. The smallest absolute Gasteiger partial charge is 0.225 e. The summed E-state index contributed by atoms with van der Waals surface area (Å²) in [6, 6.07) is 1.79. The third-order valence-corrected chi connectivity index (χ3v) is 6.78. The number of carbonyl (C=O) groups is 1. The second-order valence-electron chi connectivity index (χ2n) is 8.80. The zero-order valence-corrected chi connectivity index (χ0v) is 18.5. The van der Waals surface area contributed by atoms with Crippen molar-refractivity contribution in [1.29, 1.82) is 0 Å². The van der Waals surface area contributed by atoms with E-state index in [9.17, 15) is 9.18 Å². The van der Waals surface area contributed by atoms with Gasteiger partial charge in [0.15, 0.2) is 17.5 Å². The fourth-order valence-corrected chi connectivity index (χ4v) is 5.05. The Morgan fingerprint density at radius 1 is 1.22 bits per heavy atom. The van der Waals surface area contributed by atoms with E-state index in [1.54, 1.807) is 18.5 Å². The number of nitrogens with one attached hydrogen (secondary N) is 2. The van der Waals surface area contributed by atoms with E-state index in [0.717, 1.165) is 50.5 Å². The van der Waals surface area contributed by atoms with Crippen molar-refractivity contribution >= 4 is 34.4 Å². The van der Waals surface area contributed by atoms with Crippen LogP contribution < -0.4 is 5.32 Å². The summed E-state index contributed by atoms with van der Waals surface area (Å²) in [7, 11) is 0. The lowest BCUT2D eigenvalue weighted by atomic mass is 9.96. The molecule has 4 heterocycles. The Labute approximate surface area is 190 Å². The summed E-state index contributed by atoms with van der Waals surface area (Å²) < 4.78 is 14.5. The van der Waals surface area contributed by atoms with Gasteiger partial charge >= 0.3 is 0 Å². The Bertz CT molecular complexity index is 1130. The maximum absolute atomic E-state index is 14.5. The Balaban J connectivity index is 1.28. The zero-order chi connectivity index (χ0) is 22.1. The minimum absolute atomic E-state index is 0.165. The summed E-state index contributed by atoms with van der Waals surface area (Å²) >= 11 is 6.09. The molecular weight excluding hydrogens is 431 g/mol.